The number of hydrogen-bond acceptors (Lipinski definition) is 1. The number of rotatable bonds is 18. The molecule has 0 saturated carbocycles. The highest BCUT2D eigenvalue weighted by Gasteiger charge is 2.52. The number of hydrogen-bond donors (Lipinski definition) is 0. The van der Waals surface area contributed by atoms with Crippen LogP contribution in [0, 0.1) is 0 Å². The summed E-state index contributed by atoms with van der Waals surface area (Å²) in [5.41, 5.74) is -0.120. The Morgan fingerprint density at radius 2 is 1.14 bits per heavy atom. The molecule has 0 aromatic rings. The molecule has 0 aromatic heterocycles. The highest BCUT2D eigenvalue weighted by molar-refractivity contribution is 6.12. The van der Waals surface area contributed by atoms with Crippen LogP contribution < -0.4 is 0 Å². The van der Waals surface area contributed by atoms with Gasteiger partial charge in [0, 0.05) is 12.8 Å². The molecule has 0 bridgehead atoms. The topological polar surface area (TPSA) is 17.1 Å². The molecule has 1 heterocycles. The van der Waals surface area contributed by atoms with Crippen LogP contribution in [0.25, 0.3) is 0 Å². The molecule has 1 aliphatic heterocycles. The van der Waals surface area contributed by atoms with Crippen LogP contribution in [0.4, 0.5) is 0 Å². The summed E-state index contributed by atoms with van der Waals surface area (Å²) >= 11 is 6.67. The number of quaternary nitrogens is 1. The van der Waals surface area contributed by atoms with Crippen molar-refractivity contribution in [2.75, 3.05) is 6.54 Å². The van der Waals surface area contributed by atoms with E-state index in [1.54, 1.807) is 0 Å². The van der Waals surface area contributed by atoms with Gasteiger partial charge in [-0.25, -0.2) is 4.79 Å². The first-order valence-corrected chi connectivity index (χ1v) is 12.9. The molecule has 0 aromatic carbocycles. The van der Waals surface area contributed by atoms with Crippen molar-refractivity contribution in [3.05, 3.63) is 0 Å². The maximum Gasteiger partial charge on any atom is 0.332 e. The molecular formula is C25H49ClNO+. The molecule has 0 N–H and O–H groups in total. The lowest BCUT2D eigenvalue weighted by Gasteiger charge is -2.37. The maximum absolute atomic E-state index is 12.2. The average molecular weight is 415 g/mol. The van der Waals surface area contributed by atoms with Gasteiger partial charge in [-0.15, -0.1) is 0 Å². The molecule has 0 aliphatic carbocycles. The van der Waals surface area contributed by atoms with Gasteiger partial charge in [-0.3, -0.25) is 0 Å². The number of unbranched alkanes of at least 4 members (excludes halogenated alkanes) is 15. The number of likely N-dealkylation sites (tertiary alicyclic amines) is 1. The Morgan fingerprint density at radius 1 is 0.750 bits per heavy atom. The van der Waals surface area contributed by atoms with Crippen molar-refractivity contribution in [1.29, 1.82) is 0 Å². The van der Waals surface area contributed by atoms with Gasteiger partial charge >= 0.3 is 5.91 Å². The normalized spacial score (nSPS) is 20.2. The summed E-state index contributed by atoms with van der Waals surface area (Å²) in [6.07, 6.45) is 25.0. The van der Waals surface area contributed by atoms with Crippen molar-refractivity contribution in [2.45, 2.75) is 148 Å². The standard InChI is InChI=1S/C25H49ClNO/c1-4-5-6-7-8-9-10-11-12-13-14-15-16-17-18-19-22-25(2,3)27(26)23-20-21-24(27)28/h4-23H2,1-3H3/q+1. The second-order valence-electron chi connectivity index (χ2n) is 9.80. The summed E-state index contributed by atoms with van der Waals surface area (Å²) in [5, 5.41) is 0. The quantitative estimate of drug-likeness (QED) is 0.162. The van der Waals surface area contributed by atoms with E-state index in [2.05, 4.69) is 20.8 Å². The van der Waals surface area contributed by atoms with E-state index < -0.39 is 0 Å². The van der Waals surface area contributed by atoms with E-state index in [4.69, 9.17) is 11.8 Å². The molecule has 0 spiro atoms. The lowest BCUT2D eigenvalue weighted by Crippen LogP contribution is -2.55. The van der Waals surface area contributed by atoms with Crippen LogP contribution in [-0.2, 0) is 4.79 Å². The molecule has 1 fully saturated rings. The average Bonchev–Trinajstić information content (AvgIpc) is 3.02. The van der Waals surface area contributed by atoms with Gasteiger partial charge in [0.15, 0.2) is 11.8 Å². The molecule has 1 saturated heterocycles. The zero-order chi connectivity index (χ0) is 20.7. The molecule has 1 unspecified atom stereocenters. The largest absolute Gasteiger partial charge is 0.332 e. The van der Waals surface area contributed by atoms with E-state index >= 15 is 0 Å². The van der Waals surface area contributed by atoms with Gasteiger partial charge in [-0.2, -0.15) is 4.00 Å². The molecule has 3 heteroatoms. The third kappa shape index (κ3) is 9.61. The summed E-state index contributed by atoms with van der Waals surface area (Å²) in [7, 11) is 0. The van der Waals surface area contributed by atoms with Crippen LogP contribution in [0.5, 0.6) is 0 Å². The second kappa shape index (κ2) is 14.8. The Hall–Kier alpha value is -0.0800. The molecule has 166 valence electrons. The smallest absolute Gasteiger partial charge is 0.229 e. The predicted octanol–water partition coefficient (Wildman–Crippen LogP) is 8.71. The molecule has 1 aliphatic rings. The molecule has 1 atom stereocenters. The first-order valence-electron chi connectivity index (χ1n) is 12.6. The number of carbonyl (C=O) groups is 1. The molecule has 28 heavy (non-hydrogen) atoms. The lowest BCUT2D eigenvalue weighted by atomic mass is 9.94. The van der Waals surface area contributed by atoms with E-state index in [0.717, 1.165) is 19.4 Å². The van der Waals surface area contributed by atoms with Crippen molar-refractivity contribution >= 4 is 17.7 Å². The number of halogens is 1. The number of carbonyl (C=O) groups excluding carboxylic acids is 1. The Labute approximate surface area is 181 Å². The molecule has 1 rings (SSSR count). The summed E-state index contributed by atoms with van der Waals surface area (Å²) in [6, 6.07) is 0. The minimum absolute atomic E-state index is 0.120. The summed E-state index contributed by atoms with van der Waals surface area (Å²) in [6.45, 7) is 7.45. The van der Waals surface area contributed by atoms with Crippen molar-refractivity contribution in [3.63, 3.8) is 0 Å². The van der Waals surface area contributed by atoms with E-state index in [1.165, 1.54) is 103 Å². The maximum atomic E-state index is 12.2. The first-order chi connectivity index (χ1) is 13.4. The van der Waals surface area contributed by atoms with Crippen molar-refractivity contribution in [2.24, 2.45) is 0 Å². The van der Waals surface area contributed by atoms with Gasteiger partial charge in [-0.1, -0.05) is 103 Å². The van der Waals surface area contributed by atoms with E-state index in [-0.39, 0.29) is 15.4 Å². The zero-order valence-corrected chi connectivity index (χ0v) is 20.1. The Kier molecular flexibility index (Phi) is 13.7. The molecule has 2 nitrogen and oxygen atoms in total. The van der Waals surface area contributed by atoms with Crippen molar-refractivity contribution in [3.8, 4) is 0 Å². The van der Waals surface area contributed by atoms with E-state index in [0.29, 0.717) is 6.42 Å². The Balaban J connectivity index is 1.87. The van der Waals surface area contributed by atoms with E-state index in [9.17, 15) is 4.79 Å². The molecule has 1 amide bonds. The molecule has 0 radical (unpaired) electrons. The zero-order valence-electron chi connectivity index (χ0n) is 19.4. The fourth-order valence-electron chi connectivity index (χ4n) is 4.67. The van der Waals surface area contributed by atoms with Gasteiger partial charge in [0.05, 0.1) is 6.42 Å². The minimum atomic E-state index is -0.120. The number of amides is 1. The van der Waals surface area contributed by atoms with Crippen LogP contribution in [0.15, 0.2) is 0 Å². The Morgan fingerprint density at radius 3 is 1.50 bits per heavy atom. The minimum Gasteiger partial charge on any atom is -0.229 e. The number of nitrogens with zero attached hydrogens (tertiary/aromatic N) is 1. The van der Waals surface area contributed by atoms with Crippen LogP contribution in [-0.4, -0.2) is 22.0 Å². The lowest BCUT2D eigenvalue weighted by molar-refractivity contribution is -0.785. The van der Waals surface area contributed by atoms with Crippen LogP contribution in [0.1, 0.15) is 143 Å². The Bertz CT molecular complexity index is 409. The summed E-state index contributed by atoms with van der Waals surface area (Å²) in [5.74, 6) is 0.225. The summed E-state index contributed by atoms with van der Waals surface area (Å²) in [4.78, 5) is 12.2. The van der Waals surface area contributed by atoms with Crippen LogP contribution in [0.2, 0.25) is 0 Å². The third-order valence-corrected chi connectivity index (χ3v) is 7.67. The van der Waals surface area contributed by atoms with Gasteiger partial charge < -0.3 is 0 Å². The van der Waals surface area contributed by atoms with Gasteiger partial charge in [0.25, 0.3) is 0 Å². The van der Waals surface area contributed by atoms with E-state index in [1.807, 2.05) is 0 Å². The van der Waals surface area contributed by atoms with Crippen molar-refractivity contribution < 1.29 is 8.80 Å². The van der Waals surface area contributed by atoms with Crippen molar-refractivity contribution in [1.82, 2.24) is 0 Å². The van der Waals surface area contributed by atoms with Gasteiger partial charge in [-0.05, 0) is 20.3 Å². The fourth-order valence-corrected chi connectivity index (χ4v) is 4.96. The highest BCUT2D eigenvalue weighted by Crippen LogP contribution is 2.38. The first kappa shape index (κ1) is 26.0. The predicted molar refractivity (Wildman–Crippen MR) is 123 cm³/mol. The SMILES string of the molecule is CCCCCCCCCCCCCCCCCCC(C)(C)[N+]1(Cl)CCCC1=O. The third-order valence-electron chi connectivity index (χ3n) is 6.85. The van der Waals surface area contributed by atoms with Gasteiger partial charge in [0.2, 0.25) is 0 Å². The fraction of sp³-hybridized carbons (Fsp3) is 0.960. The summed E-state index contributed by atoms with van der Waals surface area (Å²) < 4.78 is 0.145. The molecular weight excluding hydrogens is 366 g/mol. The highest BCUT2D eigenvalue weighted by atomic mass is 35.5. The second-order valence-corrected chi connectivity index (χ2v) is 10.4. The van der Waals surface area contributed by atoms with Crippen LogP contribution in [0.3, 0.4) is 0 Å². The van der Waals surface area contributed by atoms with Crippen LogP contribution >= 0.6 is 11.8 Å². The van der Waals surface area contributed by atoms with Gasteiger partial charge in [0.1, 0.15) is 12.1 Å². The monoisotopic (exact) mass is 414 g/mol.